The monoisotopic (exact) mass is 293 g/mol. The number of carbonyl (C=O) groups is 3. The first-order valence-corrected chi connectivity index (χ1v) is 5.95. The summed E-state index contributed by atoms with van der Waals surface area (Å²) in [5.41, 5.74) is -1.19. The number of benzene rings is 1. The fraction of sp³-hybridized carbons (Fsp3) is 0.231. The van der Waals surface area contributed by atoms with Gasteiger partial charge in [-0.15, -0.1) is 0 Å². The van der Waals surface area contributed by atoms with Crippen molar-refractivity contribution in [2.24, 2.45) is 0 Å². The van der Waals surface area contributed by atoms with Crippen LogP contribution in [0.15, 0.2) is 12.1 Å². The molecule has 1 aliphatic heterocycles. The third-order valence-corrected chi connectivity index (χ3v) is 2.87. The van der Waals surface area contributed by atoms with E-state index >= 15 is 0 Å². The quantitative estimate of drug-likeness (QED) is 0.647. The molecular weight excluding hydrogens is 284 g/mol. The maximum absolute atomic E-state index is 13.7. The molecular formula is C13H9F2N3O3. The van der Waals surface area contributed by atoms with E-state index in [4.69, 9.17) is 5.26 Å². The van der Waals surface area contributed by atoms with Gasteiger partial charge in [0.2, 0.25) is 5.91 Å². The van der Waals surface area contributed by atoms with E-state index < -0.39 is 47.0 Å². The second-order valence-electron chi connectivity index (χ2n) is 4.23. The standard InChI is InChI=1S/C13H9F2N3O3/c14-7-2-3-8(15)11-10(7)12(20)13(21)18(11)6-9(19)17-5-1-4-16/h2-3H,1,5-6H2,(H,17,19). The van der Waals surface area contributed by atoms with Crippen LogP contribution in [0.5, 0.6) is 0 Å². The second kappa shape index (κ2) is 5.66. The molecule has 108 valence electrons. The number of hydrogen-bond donors (Lipinski definition) is 1. The molecule has 1 heterocycles. The summed E-state index contributed by atoms with van der Waals surface area (Å²) >= 11 is 0. The van der Waals surface area contributed by atoms with E-state index in [1.165, 1.54) is 0 Å². The molecule has 1 aromatic rings. The van der Waals surface area contributed by atoms with Crippen molar-refractivity contribution < 1.29 is 23.2 Å². The number of anilines is 1. The summed E-state index contributed by atoms with van der Waals surface area (Å²) in [6, 6.07) is 3.33. The molecule has 8 heteroatoms. The summed E-state index contributed by atoms with van der Waals surface area (Å²) in [7, 11) is 0. The molecule has 0 aromatic heterocycles. The Kier molecular flexibility index (Phi) is 3.93. The summed E-state index contributed by atoms with van der Waals surface area (Å²) in [6.45, 7) is -0.562. The smallest absolute Gasteiger partial charge is 0.300 e. The van der Waals surface area contributed by atoms with Gasteiger partial charge in [-0.1, -0.05) is 0 Å². The van der Waals surface area contributed by atoms with Crippen LogP contribution in [0.25, 0.3) is 0 Å². The number of ketones is 1. The van der Waals surface area contributed by atoms with Crippen LogP contribution in [0.4, 0.5) is 14.5 Å². The van der Waals surface area contributed by atoms with Crippen LogP contribution in [0.1, 0.15) is 16.8 Å². The Balaban J connectivity index is 2.26. The number of nitrogens with one attached hydrogen (secondary N) is 1. The Morgan fingerprint density at radius 3 is 2.62 bits per heavy atom. The molecule has 0 unspecified atom stereocenters. The van der Waals surface area contributed by atoms with Gasteiger partial charge in [0.25, 0.3) is 11.7 Å². The van der Waals surface area contributed by atoms with E-state index in [-0.39, 0.29) is 13.0 Å². The minimum atomic E-state index is -1.19. The lowest BCUT2D eigenvalue weighted by molar-refractivity contribution is -0.122. The minimum Gasteiger partial charge on any atom is -0.354 e. The number of fused-ring (bicyclic) bond motifs is 1. The lowest BCUT2D eigenvalue weighted by Crippen LogP contribution is -2.40. The SMILES string of the molecule is N#CCCNC(=O)CN1C(=O)C(=O)c2c(F)ccc(F)c21. The molecule has 0 bridgehead atoms. The minimum absolute atomic E-state index is 0.0593. The Morgan fingerprint density at radius 2 is 1.95 bits per heavy atom. The van der Waals surface area contributed by atoms with Crippen LogP contribution >= 0.6 is 0 Å². The Bertz CT molecular complexity index is 682. The van der Waals surface area contributed by atoms with Gasteiger partial charge < -0.3 is 5.32 Å². The Hall–Kier alpha value is -2.82. The molecule has 1 aliphatic rings. The van der Waals surface area contributed by atoms with Gasteiger partial charge >= 0.3 is 0 Å². The zero-order valence-electron chi connectivity index (χ0n) is 10.7. The summed E-state index contributed by atoms with van der Waals surface area (Å²) in [6.07, 6.45) is 0.0677. The Labute approximate surface area is 117 Å². The van der Waals surface area contributed by atoms with Gasteiger partial charge in [-0.25, -0.2) is 8.78 Å². The first-order chi connectivity index (χ1) is 9.97. The normalized spacial score (nSPS) is 13.1. The molecule has 0 spiro atoms. The van der Waals surface area contributed by atoms with Crippen molar-refractivity contribution in [3.63, 3.8) is 0 Å². The first kappa shape index (κ1) is 14.6. The van der Waals surface area contributed by atoms with Crippen LogP contribution in [0.2, 0.25) is 0 Å². The molecule has 2 amide bonds. The molecule has 1 N–H and O–H groups in total. The summed E-state index contributed by atoms with van der Waals surface area (Å²) in [5, 5.41) is 10.7. The van der Waals surface area contributed by atoms with Gasteiger partial charge in [0.1, 0.15) is 18.2 Å². The van der Waals surface area contributed by atoms with E-state index in [2.05, 4.69) is 5.32 Å². The average molecular weight is 293 g/mol. The van der Waals surface area contributed by atoms with Crippen molar-refractivity contribution in [2.75, 3.05) is 18.0 Å². The number of hydrogen-bond acceptors (Lipinski definition) is 4. The van der Waals surface area contributed by atoms with Gasteiger partial charge in [-0.2, -0.15) is 5.26 Å². The number of nitriles is 1. The largest absolute Gasteiger partial charge is 0.354 e. The van der Waals surface area contributed by atoms with Crippen molar-refractivity contribution in [2.45, 2.75) is 6.42 Å². The number of halogens is 2. The van der Waals surface area contributed by atoms with Crippen molar-refractivity contribution >= 4 is 23.3 Å². The second-order valence-corrected chi connectivity index (χ2v) is 4.23. The predicted molar refractivity (Wildman–Crippen MR) is 66.3 cm³/mol. The lowest BCUT2D eigenvalue weighted by atomic mass is 10.1. The van der Waals surface area contributed by atoms with Crippen LogP contribution in [-0.2, 0) is 9.59 Å². The van der Waals surface area contributed by atoms with Crippen molar-refractivity contribution in [1.29, 1.82) is 5.26 Å². The van der Waals surface area contributed by atoms with E-state index in [0.29, 0.717) is 4.90 Å². The molecule has 0 aliphatic carbocycles. The summed E-state index contributed by atoms with van der Waals surface area (Å²) in [5.74, 6) is -5.01. The van der Waals surface area contributed by atoms with Crippen LogP contribution in [0, 0.1) is 23.0 Å². The van der Waals surface area contributed by atoms with Crippen LogP contribution in [0.3, 0.4) is 0 Å². The van der Waals surface area contributed by atoms with Crippen molar-refractivity contribution in [3.05, 3.63) is 29.3 Å². The number of carbonyl (C=O) groups excluding carboxylic acids is 3. The third kappa shape index (κ3) is 2.58. The maximum Gasteiger partial charge on any atom is 0.300 e. The molecule has 1 aromatic carbocycles. The number of amides is 2. The molecule has 0 radical (unpaired) electrons. The fourth-order valence-electron chi connectivity index (χ4n) is 1.96. The van der Waals surface area contributed by atoms with E-state index in [9.17, 15) is 23.2 Å². The van der Waals surface area contributed by atoms with E-state index in [1.807, 2.05) is 0 Å². The molecule has 0 atom stereocenters. The van der Waals surface area contributed by atoms with Crippen molar-refractivity contribution in [1.82, 2.24) is 5.32 Å². The van der Waals surface area contributed by atoms with E-state index in [1.54, 1.807) is 6.07 Å². The van der Waals surface area contributed by atoms with Gasteiger partial charge in [0.05, 0.1) is 23.7 Å². The Morgan fingerprint density at radius 1 is 1.29 bits per heavy atom. The highest BCUT2D eigenvalue weighted by Crippen LogP contribution is 2.33. The molecule has 2 rings (SSSR count). The number of nitrogens with zero attached hydrogens (tertiary/aromatic N) is 2. The fourth-order valence-corrected chi connectivity index (χ4v) is 1.96. The molecule has 21 heavy (non-hydrogen) atoms. The predicted octanol–water partition coefficient (Wildman–Crippen LogP) is 0.524. The van der Waals surface area contributed by atoms with Gasteiger partial charge in [0.15, 0.2) is 0 Å². The summed E-state index contributed by atoms with van der Waals surface area (Å²) in [4.78, 5) is 35.6. The number of rotatable bonds is 4. The molecule has 6 nitrogen and oxygen atoms in total. The topological polar surface area (TPSA) is 90.3 Å². The van der Waals surface area contributed by atoms with Crippen LogP contribution < -0.4 is 10.2 Å². The summed E-state index contributed by atoms with van der Waals surface area (Å²) < 4.78 is 27.3. The highest BCUT2D eigenvalue weighted by molar-refractivity contribution is 6.52. The van der Waals surface area contributed by atoms with Gasteiger partial charge in [-0.05, 0) is 12.1 Å². The third-order valence-electron chi connectivity index (χ3n) is 2.87. The van der Waals surface area contributed by atoms with Gasteiger partial charge in [-0.3, -0.25) is 19.3 Å². The van der Waals surface area contributed by atoms with Crippen molar-refractivity contribution in [3.8, 4) is 6.07 Å². The average Bonchev–Trinajstić information content (AvgIpc) is 2.69. The first-order valence-electron chi connectivity index (χ1n) is 5.95. The lowest BCUT2D eigenvalue weighted by Gasteiger charge is -2.16. The molecule has 0 fully saturated rings. The zero-order valence-corrected chi connectivity index (χ0v) is 10.7. The van der Waals surface area contributed by atoms with E-state index in [0.717, 1.165) is 12.1 Å². The highest BCUT2D eigenvalue weighted by Gasteiger charge is 2.41. The maximum atomic E-state index is 13.7. The van der Waals surface area contributed by atoms with Crippen LogP contribution in [-0.4, -0.2) is 30.7 Å². The molecule has 0 saturated carbocycles. The molecule has 0 saturated heterocycles. The highest BCUT2D eigenvalue weighted by atomic mass is 19.1. The zero-order chi connectivity index (χ0) is 15.6. The van der Waals surface area contributed by atoms with Gasteiger partial charge in [0, 0.05) is 6.54 Å². The number of Topliss-reactive ketones (excluding diaryl/α,β-unsaturated/α-hetero) is 1.